The first kappa shape index (κ1) is 17.2. The average Bonchev–Trinajstić information content (AvgIpc) is 2.82. The van der Waals surface area contributed by atoms with E-state index in [0.717, 1.165) is 6.26 Å². The van der Waals surface area contributed by atoms with Gasteiger partial charge < -0.3 is 14.8 Å². The summed E-state index contributed by atoms with van der Waals surface area (Å²) in [5, 5.41) is 11.2. The van der Waals surface area contributed by atoms with E-state index in [1.807, 2.05) is 0 Å². The Balaban J connectivity index is 2.52. The Morgan fingerprint density at radius 3 is 2.62 bits per heavy atom. The number of carboxylic acid groups (broad SMARTS) is 1. The van der Waals surface area contributed by atoms with Crippen LogP contribution in [-0.2, 0) is 21.4 Å². The van der Waals surface area contributed by atoms with Crippen molar-refractivity contribution in [3.05, 3.63) is 23.7 Å². The van der Waals surface area contributed by atoms with Gasteiger partial charge in [0.05, 0.1) is 12.8 Å². The Morgan fingerprint density at radius 2 is 2.05 bits per heavy atom. The first-order valence-corrected chi connectivity index (χ1v) is 8.12. The van der Waals surface area contributed by atoms with Crippen LogP contribution in [0.4, 0.5) is 0 Å². The highest BCUT2D eigenvalue weighted by molar-refractivity contribution is 7.88. The number of carboxylic acids is 1. The molecule has 0 bridgehead atoms. The molecule has 0 spiro atoms. The molecule has 0 aliphatic heterocycles. The maximum Gasteiger partial charge on any atom is 0.303 e. The van der Waals surface area contributed by atoms with Crippen LogP contribution < -0.4 is 10.0 Å². The van der Waals surface area contributed by atoms with Crippen molar-refractivity contribution in [1.82, 2.24) is 10.0 Å². The molecule has 0 aromatic carbocycles. The van der Waals surface area contributed by atoms with Gasteiger partial charge >= 0.3 is 5.97 Å². The van der Waals surface area contributed by atoms with E-state index in [0.29, 0.717) is 12.2 Å². The van der Waals surface area contributed by atoms with Gasteiger partial charge in [0, 0.05) is 12.5 Å². The van der Waals surface area contributed by atoms with Gasteiger partial charge in [-0.15, -0.1) is 0 Å². The molecule has 0 saturated heterocycles. The van der Waals surface area contributed by atoms with Crippen LogP contribution in [-0.4, -0.2) is 37.7 Å². The topological polar surface area (TPSA) is 126 Å². The molecule has 0 fully saturated rings. The zero-order valence-corrected chi connectivity index (χ0v) is 12.6. The highest BCUT2D eigenvalue weighted by Crippen LogP contribution is 2.09. The summed E-state index contributed by atoms with van der Waals surface area (Å²) >= 11 is 0. The highest BCUT2D eigenvalue weighted by atomic mass is 32.2. The number of carbonyl (C=O) groups is 2. The molecule has 9 heteroatoms. The molecule has 0 aliphatic rings. The summed E-state index contributed by atoms with van der Waals surface area (Å²) in [6.07, 6.45) is 1.29. The van der Waals surface area contributed by atoms with Crippen LogP contribution in [0.1, 0.15) is 36.1 Å². The Morgan fingerprint density at radius 1 is 1.38 bits per heavy atom. The number of aliphatic carboxylic acids is 1. The van der Waals surface area contributed by atoms with Crippen molar-refractivity contribution in [2.75, 3.05) is 6.26 Å². The van der Waals surface area contributed by atoms with Crippen molar-refractivity contribution in [3.63, 3.8) is 0 Å². The number of hydrogen-bond acceptors (Lipinski definition) is 5. The van der Waals surface area contributed by atoms with Gasteiger partial charge in [-0.25, -0.2) is 13.1 Å². The van der Waals surface area contributed by atoms with E-state index in [1.165, 1.54) is 12.1 Å². The van der Waals surface area contributed by atoms with E-state index in [9.17, 15) is 18.0 Å². The van der Waals surface area contributed by atoms with Crippen molar-refractivity contribution in [2.45, 2.75) is 32.4 Å². The second-order valence-electron chi connectivity index (χ2n) is 4.67. The van der Waals surface area contributed by atoms with Crippen LogP contribution in [0, 0.1) is 0 Å². The zero-order chi connectivity index (χ0) is 16.0. The zero-order valence-electron chi connectivity index (χ0n) is 11.8. The van der Waals surface area contributed by atoms with Crippen LogP contribution in [0.25, 0.3) is 0 Å². The Hall–Kier alpha value is -1.87. The van der Waals surface area contributed by atoms with E-state index >= 15 is 0 Å². The Bertz CT molecular complexity index is 607. The fourth-order valence-corrected chi connectivity index (χ4v) is 1.91. The molecule has 1 rings (SSSR count). The molecular formula is C12H18N2O6S. The fourth-order valence-electron chi connectivity index (χ4n) is 1.50. The lowest BCUT2D eigenvalue weighted by Crippen LogP contribution is -2.32. The van der Waals surface area contributed by atoms with Gasteiger partial charge in [0.25, 0.3) is 5.91 Å². The summed E-state index contributed by atoms with van der Waals surface area (Å²) in [6, 6.07) is 2.62. The molecule has 1 atom stereocenters. The summed E-state index contributed by atoms with van der Waals surface area (Å²) in [7, 11) is -3.33. The molecule has 118 valence electrons. The smallest absolute Gasteiger partial charge is 0.303 e. The molecule has 1 aromatic rings. The first-order valence-electron chi connectivity index (χ1n) is 6.23. The molecule has 21 heavy (non-hydrogen) atoms. The Kier molecular flexibility index (Phi) is 5.91. The average molecular weight is 318 g/mol. The van der Waals surface area contributed by atoms with Gasteiger partial charge in [-0.1, -0.05) is 0 Å². The number of furan rings is 1. The van der Waals surface area contributed by atoms with Crippen LogP contribution in [0.15, 0.2) is 16.5 Å². The molecule has 0 saturated carbocycles. The maximum atomic E-state index is 11.8. The van der Waals surface area contributed by atoms with Gasteiger partial charge in [0.15, 0.2) is 5.76 Å². The van der Waals surface area contributed by atoms with Gasteiger partial charge in [0.2, 0.25) is 10.0 Å². The number of hydrogen-bond donors (Lipinski definition) is 3. The van der Waals surface area contributed by atoms with Crippen molar-refractivity contribution < 1.29 is 27.5 Å². The summed E-state index contributed by atoms with van der Waals surface area (Å²) in [4.78, 5) is 22.3. The minimum absolute atomic E-state index is 0.0386. The largest absolute Gasteiger partial charge is 0.481 e. The number of carbonyl (C=O) groups excluding carboxylic acids is 1. The lowest BCUT2D eigenvalue weighted by atomic mass is 10.2. The molecule has 1 unspecified atom stereocenters. The molecule has 3 N–H and O–H groups in total. The second kappa shape index (κ2) is 7.23. The number of sulfonamides is 1. The number of amides is 1. The van der Waals surface area contributed by atoms with E-state index in [2.05, 4.69) is 10.0 Å². The van der Waals surface area contributed by atoms with Crippen molar-refractivity contribution >= 4 is 21.9 Å². The lowest BCUT2D eigenvalue weighted by Gasteiger charge is -2.11. The predicted molar refractivity (Wildman–Crippen MR) is 74.2 cm³/mol. The second-order valence-corrected chi connectivity index (χ2v) is 6.50. The number of rotatable bonds is 8. The van der Waals surface area contributed by atoms with Gasteiger partial charge in [-0.2, -0.15) is 0 Å². The van der Waals surface area contributed by atoms with Gasteiger partial charge in [0.1, 0.15) is 5.76 Å². The fraction of sp³-hybridized carbons (Fsp3) is 0.500. The molecule has 0 aliphatic carbocycles. The van der Waals surface area contributed by atoms with Crippen molar-refractivity contribution in [1.29, 1.82) is 0 Å². The Labute approximate surface area is 122 Å². The van der Waals surface area contributed by atoms with Gasteiger partial charge in [-0.05, 0) is 25.5 Å². The van der Waals surface area contributed by atoms with E-state index in [-0.39, 0.29) is 24.8 Å². The van der Waals surface area contributed by atoms with Gasteiger partial charge in [-0.3, -0.25) is 9.59 Å². The summed E-state index contributed by atoms with van der Waals surface area (Å²) in [5.41, 5.74) is 0. The molecule has 1 amide bonds. The predicted octanol–water partition coefficient (Wildman–Crippen LogP) is 0.312. The normalized spacial score (nSPS) is 12.9. The summed E-state index contributed by atoms with van der Waals surface area (Å²) in [6.45, 7) is 1.65. The van der Waals surface area contributed by atoms with Crippen LogP contribution in [0.2, 0.25) is 0 Å². The van der Waals surface area contributed by atoms with E-state index < -0.39 is 21.9 Å². The quantitative estimate of drug-likeness (QED) is 0.633. The monoisotopic (exact) mass is 318 g/mol. The minimum atomic E-state index is -3.33. The maximum absolute atomic E-state index is 11.8. The standard InChI is InChI=1S/C12H18N2O6S/c1-8(3-6-11(15)16)14-12(17)10-5-4-9(20-10)7-13-21(2,18)19/h4-5,8,13H,3,6-7H2,1-2H3,(H,14,17)(H,15,16). The van der Waals surface area contributed by atoms with Crippen LogP contribution >= 0.6 is 0 Å². The van der Waals surface area contributed by atoms with Crippen molar-refractivity contribution in [3.8, 4) is 0 Å². The van der Waals surface area contributed by atoms with Crippen LogP contribution in [0.5, 0.6) is 0 Å². The summed E-state index contributed by atoms with van der Waals surface area (Å²) in [5.74, 6) is -1.05. The first-order chi connectivity index (χ1) is 9.67. The third-order valence-electron chi connectivity index (χ3n) is 2.56. The summed E-state index contributed by atoms with van der Waals surface area (Å²) < 4.78 is 29.3. The molecular weight excluding hydrogens is 300 g/mol. The number of nitrogens with one attached hydrogen (secondary N) is 2. The van der Waals surface area contributed by atoms with E-state index in [4.69, 9.17) is 9.52 Å². The third-order valence-corrected chi connectivity index (χ3v) is 3.23. The molecule has 0 radical (unpaired) electrons. The molecule has 1 aromatic heterocycles. The highest BCUT2D eigenvalue weighted by Gasteiger charge is 2.15. The molecule has 1 heterocycles. The SMILES string of the molecule is CC(CCC(=O)O)NC(=O)c1ccc(CNS(C)(=O)=O)o1. The third kappa shape index (κ3) is 6.91. The minimum Gasteiger partial charge on any atom is -0.481 e. The molecule has 8 nitrogen and oxygen atoms in total. The van der Waals surface area contributed by atoms with E-state index in [1.54, 1.807) is 6.92 Å². The van der Waals surface area contributed by atoms with Crippen molar-refractivity contribution in [2.24, 2.45) is 0 Å². The lowest BCUT2D eigenvalue weighted by molar-refractivity contribution is -0.137. The van der Waals surface area contributed by atoms with Crippen LogP contribution in [0.3, 0.4) is 0 Å².